The Morgan fingerprint density at radius 3 is 2.63 bits per heavy atom. The summed E-state index contributed by atoms with van der Waals surface area (Å²) in [6, 6.07) is 9.60. The first-order valence-corrected chi connectivity index (χ1v) is 6.56. The third-order valence-electron chi connectivity index (χ3n) is 2.62. The first-order valence-electron chi connectivity index (χ1n) is 6.56. The fraction of sp³-hybridized carbons (Fsp3) is 0.533. The summed E-state index contributed by atoms with van der Waals surface area (Å²) in [7, 11) is 1.57. The molecule has 106 valence electrons. The number of methoxy groups -OCH3 is 1. The van der Waals surface area contributed by atoms with E-state index in [0.29, 0.717) is 19.8 Å². The van der Waals surface area contributed by atoms with Crippen LogP contribution >= 0.6 is 0 Å². The molecule has 1 aromatic rings. The van der Waals surface area contributed by atoms with Crippen molar-refractivity contribution in [3.05, 3.63) is 35.9 Å². The normalized spacial score (nSPS) is 12.1. The Morgan fingerprint density at radius 1 is 1.26 bits per heavy atom. The highest BCUT2D eigenvalue weighted by Gasteiger charge is 2.14. The fourth-order valence-corrected chi connectivity index (χ4v) is 1.55. The largest absolute Gasteiger partial charge is 0.461 e. The summed E-state index contributed by atoms with van der Waals surface area (Å²) in [6.07, 6.45) is 0.928. The molecule has 0 aliphatic carbocycles. The summed E-state index contributed by atoms with van der Waals surface area (Å²) in [5.41, 5.74) is 0.979. The number of carbonyl (C=O) groups excluding carboxylic acids is 1. The van der Waals surface area contributed by atoms with Crippen molar-refractivity contribution in [2.75, 3.05) is 20.3 Å². The van der Waals surface area contributed by atoms with E-state index in [-0.39, 0.29) is 18.5 Å². The molecule has 0 radical (unpaired) electrons. The van der Waals surface area contributed by atoms with Gasteiger partial charge >= 0.3 is 5.97 Å². The molecule has 0 saturated heterocycles. The molecule has 0 aliphatic heterocycles. The van der Waals surface area contributed by atoms with Gasteiger partial charge in [-0.3, -0.25) is 4.79 Å². The van der Waals surface area contributed by atoms with Crippen molar-refractivity contribution < 1.29 is 19.0 Å². The van der Waals surface area contributed by atoms with Crippen LogP contribution in [0, 0.1) is 0 Å². The second-order valence-electron chi connectivity index (χ2n) is 4.28. The summed E-state index contributed by atoms with van der Waals surface area (Å²) >= 11 is 0. The fourth-order valence-electron chi connectivity index (χ4n) is 1.55. The maximum absolute atomic E-state index is 11.7. The van der Waals surface area contributed by atoms with Gasteiger partial charge in [0.2, 0.25) is 0 Å². The monoisotopic (exact) mass is 266 g/mol. The summed E-state index contributed by atoms with van der Waals surface area (Å²) in [5.74, 6) is -0.268. The Morgan fingerprint density at radius 2 is 2.00 bits per heavy atom. The van der Waals surface area contributed by atoms with Crippen molar-refractivity contribution in [3.63, 3.8) is 0 Å². The third-order valence-corrected chi connectivity index (χ3v) is 2.62. The summed E-state index contributed by atoms with van der Waals surface area (Å²) in [6.45, 7) is 3.44. The smallest absolute Gasteiger partial charge is 0.308 e. The van der Waals surface area contributed by atoms with Gasteiger partial charge in [-0.15, -0.1) is 0 Å². The molecule has 1 aromatic carbocycles. The van der Waals surface area contributed by atoms with Gasteiger partial charge in [0.1, 0.15) is 6.61 Å². The van der Waals surface area contributed by atoms with Crippen LogP contribution in [0.1, 0.15) is 25.3 Å². The van der Waals surface area contributed by atoms with E-state index in [1.54, 1.807) is 7.11 Å². The molecule has 0 bridgehead atoms. The van der Waals surface area contributed by atoms with E-state index >= 15 is 0 Å². The van der Waals surface area contributed by atoms with Gasteiger partial charge < -0.3 is 14.2 Å². The molecule has 0 saturated carbocycles. The molecule has 1 atom stereocenters. The Balaban J connectivity index is 2.25. The number of hydrogen-bond donors (Lipinski definition) is 0. The second kappa shape index (κ2) is 9.53. The highest BCUT2D eigenvalue weighted by atomic mass is 16.5. The summed E-state index contributed by atoms with van der Waals surface area (Å²) in [4.78, 5) is 11.7. The molecule has 0 amide bonds. The van der Waals surface area contributed by atoms with Crippen LogP contribution in [0.2, 0.25) is 0 Å². The summed E-state index contributed by atoms with van der Waals surface area (Å²) in [5, 5.41) is 0. The van der Waals surface area contributed by atoms with Gasteiger partial charge in [-0.05, 0) is 12.0 Å². The van der Waals surface area contributed by atoms with Gasteiger partial charge in [0.25, 0.3) is 0 Å². The predicted molar refractivity (Wildman–Crippen MR) is 72.8 cm³/mol. The predicted octanol–water partition coefficient (Wildman–Crippen LogP) is 2.56. The Hall–Kier alpha value is -1.39. The van der Waals surface area contributed by atoms with Gasteiger partial charge in [0, 0.05) is 13.7 Å². The molecule has 0 spiro atoms. The Bertz CT molecular complexity index is 350. The van der Waals surface area contributed by atoms with Crippen molar-refractivity contribution in [1.82, 2.24) is 0 Å². The number of carbonyl (C=O) groups is 1. The standard InChI is InChI=1S/C15H22O4/c1-3-9-18-12-14(17-2)10-15(16)19-11-13-7-5-4-6-8-13/h4-8,14H,3,9-12H2,1-2H3. The minimum absolute atomic E-state index is 0.215. The van der Waals surface area contributed by atoms with Gasteiger partial charge in [-0.1, -0.05) is 37.3 Å². The van der Waals surface area contributed by atoms with Crippen LogP contribution in [0.3, 0.4) is 0 Å². The first kappa shape index (κ1) is 15.7. The SMILES string of the molecule is CCCOCC(CC(=O)OCc1ccccc1)OC. The van der Waals surface area contributed by atoms with Crippen molar-refractivity contribution in [2.45, 2.75) is 32.5 Å². The van der Waals surface area contributed by atoms with E-state index in [4.69, 9.17) is 14.2 Å². The second-order valence-corrected chi connectivity index (χ2v) is 4.28. The minimum atomic E-state index is -0.268. The van der Waals surface area contributed by atoms with Gasteiger partial charge in [-0.25, -0.2) is 0 Å². The molecule has 0 aliphatic rings. The molecule has 0 aromatic heterocycles. The number of ether oxygens (including phenoxy) is 3. The van der Waals surface area contributed by atoms with Crippen LogP contribution in [0.25, 0.3) is 0 Å². The molecule has 1 unspecified atom stereocenters. The molecule has 19 heavy (non-hydrogen) atoms. The third kappa shape index (κ3) is 6.94. The van der Waals surface area contributed by atoms with Gasteiger partial charge in [0.15, 0.2) is 0 Å². The molecule has 0 N–H and O–H groups in total. The zero-order valence-corrected chi connectivity index (χ0v) is 11.6. The van der Waals surface area contributed by atoms with Crippen molar-refractivity contribution in [3.8, 4) is 0 Å². The zero-order chi connectivity index (χ0) is 13.9. The number of benzene rings is 1. The first-order chi connectivity index (χ1) is 9.26. The zero-order valence-electron chi connectivity index (χ0n) is 11.6. The minimum Gasteiger partial charge on any atom is -0.461 e. The van der Waals surface area contributed by atoms with Crippen molar-refractivity contribution in [2.24, 2.45) is 0 Å². The lowest BCUT2D eigenvalue weighted by atomic mass is 10.2. The highest BCUT2D eigenvalue weighted by Crippen LogP contribution is 2.05. The Kier molecular flexibility index (Phi) is 7.86. The van der Waals surface area contributed by atoms with E-state index in [0.717, 1.165) is 12.0 Å². The molecule has 0 heterocycles. The van der Waals surface area contributed by atoms with Gasteiger partial charge in [-0.2, -0.15) is 0 Å². The van der Waals surface area contributed by atoms with Crippen LogP contribution in [-0.4, -0.2) is 32.4 Å². The van der Waals surface area contributed by atoms with E-state index in [9.17, 15) is 4.79 Å². The highest BCUT2D eigenvalue weighted by molar-refractivity contribution is 5.70. The lowest BCUT2D eigenvalue weighted by Gasteiger charge is -2.14. The van der Waals surface area contributed by atoms with Crippen LogP contribution < -0.4 is 0 Å². The maximum atomic E-state index is 11.7. The number of esters is 1. The molecular weight excluding hydrogens is 244 g/mol. The molecule has 4 heteroatoms. The number of hydrogen-bond acceptors (Lipinski definition) is 4. The molecule has 4 nitrogen and oxygen atoms in total. The average Bonchev–Trinajstić information content (AvgIpc) is 2.45. The van der Waals surface area contributed by atoms with Crippen LogP contribution in [-0.2, 0) is 25.6 Å². The Labute approximate surface area is 114 Å². The van der Waals surface area contributed by atoms with Crippen LogP contribution in [0.5, 0.6) is 0 Å². The number of rotatable bonds is 9. The van der Waals surface area contributed by atoms with E-state index in [1.807, 2.05) is 37.3 Å². The summed E-state index contributed by atoms with van der Waals surface area (Å²) < 4.78 is 15.8. The van der Waals surface area contributed by atoms with Crippen LogP contribution in [0.15, 0.2) is 30.3 Å². The lowest BCUT2D eigenvalue weighted by Crippen LogP contribution is -2.23. The van der Waals surface area contributed by atoms with Crippen LogP contribution in [0.4, 0.5) is 0 Å². The van der Waals surface area contributed by atoms with Crippen molar-refractivity contribution in [1.29, 1.82) is 0 Å². The quantitative estimate of drug-likeness (QED) is 0.509. The topological polar surface area (TPSA) is 44.8 Å². The molecule has 1 rings (SSSR count). The lowest BCUT2D eigenvalue weighted by molar-refractivity contribution is -0.148. The van der Waals surface area contributed by atoms with Gasteiger partial charge in [0.05, 0.1) is 19.1 Å². The van der Waals surface area contributed by atoms with E-state index in [1.165, 1.54) is 0 Å². The van der Waals surface area contributed by atoms with E-state index < -0.39 is 0 Å². The maximum Gasteiger partial charge on any atom is 0.308 e. The molecule has 0 fully saturated rings. The average molecular weight is 266 g/mol. The van der Waals surface area contributed by atoms with Crippen molar-refractivity contribution >= 4 is 5.97 Å². The van der Waals surface area contributed by atoms with E-state index in [2.05, 4.69) is 0 Å². The molecular formula is C15H22O4.